The number of benzene rings is 2. The van der Waals surface area contributed by atoms with Crippen LogP contribution in [0.3, 0.4) is 0 Å². The van der Waals surface area contributed by atoms with Crippen molar-refractivity contribution in [1.29, 1.82) is 0 Å². The lowest BCUT2D eigenvalue weighted by molar-refractivity contribution is -0.146. The lowest BCUT2D eigenvalue weighted by Gasteiger charge is -2.33. The van der Waals surface area contributed by atoms with Gasteiger partial charge in [0.25, 0.3) is 0 Å². The van der Waals surface area contributed by atoms with Gasteiger partial charge in [0, 0.05) is 10.6 Å². The van der Waals surface area contributed by atoms with Crippen molar-refractivity contribution in [2.45, 2.75) is 31.0 Å². The molecule has 4 rings (SSSR count). The number of hydrogen-bond donors (Lipinski definition) is 4. The van der Waals surface area contributed by atoms with Gasteiger partial charge < -0.3 is 15.7 Å². The van der Waals surface area contributed by atoms with Crippen molar-refractivity contribution in [1.82, 2.24) is 16.0 Å². The molecule has 3 aromatic rings. The van der Waals surface area contributed by atoms with Crippen LogP contribution >= 0.6 is 11.3 Å². The molecule has 2 amide bonds. The van der Waals surface area contributed by atoms with Gasteiger partial charge in [-0.25, -0.2) is 9.59 Å². The molecule has 1 aliphatic rings. The third-order valence-corrected chi connectivity index (χ3v) is 6.52. The summed E-state index contributed by atoms with van der Waals surface area (Å²) in [6.45, 7) is 2.38. The molecule has 3 atom stereocenters. The van der Waals surface area contributed by atoms with Gasteiger partial charge in [0.1, 0.15) is 0 Å². The van der Waals surface area contributed by atoms with Crippen LogP contribution in [0.2, 0.25) is 0 Å². The summed E-state index contributed by atoms with van der Waals surface area (Å²) in [6.07, 6.45) is 0.627. The Bertz CT molecular complexity index is 1040. The first-order chi connectivity index (χ1) is 14.0. The summed E-state index contributed by atoms with van der Waals surface area (Å²) < 4.78 is 1.11. The standard InChI is InChI=1S/C22H23N3O3S/c1-14(15-7-3-2-4-8-15)24-21(28)25-22(20(26)27)18(11-12-23-22)17-13-29-19-10-6-5-9-16(17)19/h2-10,13-14,18,23H,11-12H2,1H3,(H,26,27)(H2,24,25,28). The lowest BCUT2D eigenvalue weighted by atomic mass is 9.86. The average Bonchev–Trinajstić information content (AvgIpc) is 3.33. The predicted molar refractivity (Wildman–Crippen MR) is 114 cm³/mol. The first-order valence-corrected chi connectivity index (χ1v) is 10.5. The number of carbonyl (C=O) groups is 2. The summed E-state index contributed by atoms with van der Waals surface area (Å²) >= 11 is 1.59. The van der Waals surface area contributed by atoms with Crippen molar-refractivity contribution >= 4 is 33.4 Å². The number of carboxylic acids is 1. The summed E-state index contributed by atoms with van der Waals surface area (Å²) in [6, 6.07) is 16.8. The quantitative estimate of drug-likeness (QED) is 0.516. The minimum absolute atomic E-state index is 0.246. The molecule has 1 saturated heterocycles. The molecule has 1 aliphatic heterocycles. The molecule has 1 aromatic heterocycles. The fourth-order valence-corrected chi connectivity index (χ4v) is 5.07. The van der Waals surface area contributed by atoms with Gasteiger partial charge >= 0.3 is 12.0 Å². The number of carboxylic acid groups (broad SMARTS) is 1. The third-order valence-electron chi connectivity index (χ3n) is 5.54. The Morgan fingerprint density at radius 2 is 1.90 bits per heavy atom. The van der Waals surface area contributed by atoms with E-state index in [-0.39, 0.29) is 12.0 Å². The number of nitrogens with one attached hydrogen (secondary N) is 3. The van der Waals surface area contributed by atoms with Gasteiger partial charge in [-0.3, -0.25) is 5.32 Å². The molecule has 3 unspecified atom stereocenters. The van der Waals surface area contributed by atoms with Crippen LogP contribution in [0.5, 0.6) is 0 Å². The number of carbonyl (C=O) groups excluding carboxylic acids is 1. The maximum atomic E-state index is 12.7. The molecule has 150 valence electrons. The molecule has 0 aliphatic carbocycles. The Morgan fingerprint density at radius 1 is 1.17 bits per heavy atom. The molecule has 0 bridgehead atoms. The minimum Gasteiger partial charge on any atom is -0.478 e. The van der Waals surface area contributed by atoms with Crippen molar-refractivity contribution < 1.29 is 14.7 Å². The van der Waals surface area contributed by atoms with Crippen molar-refractivity contribution in [2.24, 2.45) is 0 Å². The van der Waals surface area contributed by atoms with Crippen molar-refractivity contribution in [3.8, 4) is 0 Å². The van der Waals surface area contributed by atoms with E-state index in [4.69, 9.17) is 0 Å². The Labute approximate surface area is 172 Å². The highest BCUT2D eigenvalue weighted by Crippen LogP contribution is 2.40. The second kappa shape index (κ2) is 7.85. The Morgan fingerprint density at radius 3 is 2.66 bits per heavy atom. The van der Waals surface area contributed by atoms with Gasteiger partial charge in [-0.15, -0.1) is 11.3 Å². The maximum Gasteiger partial charge on any atom is 0.345 e. The van der Waals surface area contributed by atoms with Crippen molar-refractivity contribution in [2.75, 3.05) is 6.54 Å². The molecule has 0 saturated carbocycles. The van der Waals surface area contributed by atoms with E-state index in [0.717, 1.165) is 21.2 Å². The largest absolute Gasteiger partial charge is 0.478 e. The highest BCUT2D eigenvalue weighted by molar-refractivity contribution is 7.17. The van der Waals surface area contributed by atoms with E-state index in [1.54, 1.807) is 11.3 Å². The summed E-state index contributed by atoms with van der Waals surface area (Å²) in [5, 5.41) is 21.8. The Hall–Kier alpha value is -2.90. The van der Waals surface area contributed by atoms with Crippen LogP contribution in [0.4, 0.5) is 4.79 Å². The highest BCUT2D eigenvalue weighted by Gasteiger charge is 2.52. The van der Waals surface area contributed by atoms with Gasteiger partial charge in [-0.05, 0) is 47.8 Å². The molecule has 2 aromatic carbocycles. The molecule has 29 heavy (non-hydrogen) atoms. The number of hydrogen-bond acceptors (Lipinski definition) is 4. The van der Waals surface area contributed by atoms with E-state index in [1.165, 1.54) is 0 Å². The van der Waals surface area contributed by atoms with E-state index >= 15 is 0 Å². The first-order valence-electron chi connectivity index (χ1n) is 9.59. The fourth-order valence-electron chi connectivity index (χ4n) is 4.06. The average molecular weight is 410 g/mol. The number of amides is 2. The Kier molecular flexibility index (Phi) is 5.25. The van der Waals surface area contributed by atoms with E-state index in [1.807, 2.05) is 66.9 Å². The van der Waals surface area contributed by atoms with Crippen molar-refractivity contribution in [3.63, 3.8) is 0 Å². The predicted octanol–water partition coefficient (Wildman–Crippen LogP) is 3.82. The molecule has 0 radical (unpaired) electrons. The van der Waals surface area contributed by atoms with Crippen LogP contribution in [-0.2, 0) is 4.79 Å². The summed E-state index contributed by atoms with van der Waals surface area (Å²) in [5.41, 5.74) is 0.353. The Balaban J connectivity index is 1.60. The van der Waals surface area contributed by atoms with Crippen LogP contribution in [0.25, 0.3) is 10.1 Å². The zero-order valence-corrected chi connectivity index (χ0v) is 16.8. The number of rotatable bonds is 5. The van der Waals surface area contributed by atoms with Crippen molar-refractivity contribution in [3.05, 3.63) is 71.1 Å². The second-order valence-electron chi connectivity index (χ2n) is 7.30. The maximum absolute atomic E-state index is 12.7. The number of urea groups is 1. The van der Waals surface area contributed by atoms with Gasteiger partial charge in [-0.1, -0.05) is 48.5 Å². The second-order valence-corrected chi connectivity index (χ2v) is 8.21. The zero-order chi connectivity index (χ0) is 20.4. The van der Waals surface area contributed by atoms with E-state index in [9.17, 15) is 14.7 Å². The molecular weight excluding hydrogens is 386 g/mol. The van der Waals surface area contributed by atoms with Crippen LogP contribution in [0.15, 0.2) is 60.0 Å². The van der Waals surface area contributed by atoms with Gasteiger partial charge in [0.15, 0.2) is 5.66 Å². The molecule has 4 N–H and O–H groups in total. The van der Waals surface area contributed by atoms with Crippen LogP contribution < -0.4 is 16.0 Å². The summed E-state index contributed by atoms with van der Waals surface area (Å²) in [7, 11) is 0. The topological polar surface area (TPSA) is 90.5 Å². The van der Waals surface area contributed by atoms with Gasteiger partial charge in [-0.2, -0.15) is 0 Å². The third kappa shape index (κ3) is 3.59. The smallest absolute Gasteiger partial charge is 0.345 e. The number of thiophene rings is 1. The summed E-state index contributed by atoms with van der Waals surface area (Å²) in [4.78, 5) is 25.1. The minimum atomic E-state index is -1.55. The van der Waals surface area contributed by atoms with E-state index in [0.29, 0.717) is 13.0 Å². The molecular formula is C22H23N3O3S. The molecule has 6 nitrogen and oxygen atoms in total. The first kappa shape index (κ1) is 19.4. The van der Waals surface area contributed by atoms with E-state index in [2.05, 4.69) is 16.0 Å². The normalized spacial score (nSPS) is 22.3. The van der Waals surface area contributed by atoms with Crippen LogP contribution in [0, 0.1) is 0 Å². The zero-order valence-electron chi connectivity index (χ0n) is 16.0. The van der Waals surface area contributed by atoms with Gasteiger partial charge in [0.05, 0.1) is 6.04 Å². The lowest BCUT2D eigenvalue weighted by Crippen LogP contribution is -2.65. The monoisotopic (exact) mass is 409 g/mol. The number of aliphatic carboxylic acids is 1. The van der Waals surface area contributed by atoms with Crippen LogP contribution in [-0.4, -0.2) is 29.3 Å². The SMILES string of the molecule is CC(NC(=O)NC1(C(=O)O)NCCC1c1csc2ccccc12)c1ccccc1. The highest BCUT2D eigenvalue weighted by atomic mass is 32.1. The van der Waals surface area contributed by atoms with Crippen LogP contribution in [0.1, 0.15) is 36.4 Å². The number of fused-ring (bicyclic) bond motifs is 1. The van der Waals surface area contributed by atoms with E-state index < -0.39 is 17.7 Å². The summed E-state index contributed by atoms with van der Waals surface area (Å²) in [5.74, 6) is -1.45. The molecule has 0 spiro atoms. The fraction of sp³-hybridized carbons (Fsp3) is 0.273. The molecule has 1 fully saturated rings. The molecule has 2 heterocycles. The molecule has 7 heteroatoms. The van der Waals surface area contributed by atoms with Gasteiger partial charge in [0.2, 0.25) is 0 Å².